The van der Waals surface area contributed by atoms with Crippen molar-refractivity contribution in [2.75, 3.05) is 0 Å². The van der Waals surface area contributed by atoms with Crippen molar-refractivity contribution in [1.29, 1.82) is 0 Å². The average molecular weight is 273 g/mol. The van der Waals surface area contributed by atoms with Gasteiger partial charge in [0.1, 0.15) is 17.7 Å². The number of benzene rings is 1. The number of nitrogens with zero attached hydrogens (tertiary/aromatic N) is 2. The highest BCUT2D eigenvalue weighted by Crippen LogP contribution is 2.43. The van der Waals surface area contributed by atoms with Crippen molar-refractivity contribution in [3.8, 4) is 5.75 Å². The fraction of sp³-hybridized carbons (Fsp3) is 0.400. The third-order valence-electron chi connectivity index (χ3n) is 4.08. The number of hydrogen-bond donors (Lipinski definition) is 1. The van der Waals surface area contributed by atoms with E-state index in [0.717, 1.165) is 11.3 Å². The maximum Gasteiger partial charge on any atom is 0.142 e. The lowest BCUT2D eigenvalue weighted by atomic mass is 9.96. The molecule has 4 nitrogen and oxygen atoms in total. The highest BCUT2D eigenvalue weighted by Gasteiger charge is 2.33. The molecule has 0 radical (unpaired) electrons. The van der Waals surface area contributed by atoms with E-state index in [2.05, 4.69) is 9.55 Å². The summed E-state index contributed by atoms with van der Waals surface area (Å²) in [4.78, 5) is 4.23. The molecule has 2 heterocycles. The fourth-order valence-electron chi connectivity index (χ4n) is 2.88. The minimum atomic E-state index is -0.299. The van der Waals surface area contributed by atoms with Crippen LogP contribution < -0.4 is 10.5 Å². The first-order chi connectivity index (χ1) is 9.72. The van der Waals surface area contributed by atoms with Crippen LogP contribution in [0.2, 0.25) is 0 Å². The molecule has 1 fully saturated rings. The fourth-order valence-corrected chi connectivity index (χ4v) is 2.88. The van der Waals surface area contributed by atoms with Crippen molar-refractivity contribution in [3.05, 3.63) is 47.8 Å². The van der Waals surface area contributed by atoms with E-state index in [-0.39, 0.29) is 18.0 Å². The molecule has 0 spiro atoms. The maximum absolute atomic E-state index is 13.4. The van der Waals surface area contributed by atoms with E-state index in [0.29, 0.717) is 18.2 Å². The van der Waals surface area contributed by atoms with Crippen LogP contribution in [-0.4, -0.2) is 9.55 Å². The number of ether oxygens (including phenoxy) is 1. The van der Waals surface area contributed by atoms with Gasteiger partial charge >= 0.3 is 0 Å². The molecular formula is C15H16FN3O. The molecule has 4 rings (SSSR count). The minimum absolute atomic E-state index is 0.132. The summed E-state index contributed by atoms with van der Waals surface area (Å²) >= 11 is 0. The van der Waals surface area contributed by atoms with Crippen molar-refractivity contribution in [2.45, 2.75) is 37.5 Å². The second kappa shape index (κ2) is 4.31. The van der Waals surface area contributed by atoms with Crippen molar-refractivity contribution < 1.29 is 9.13 Å². The van der Waals surface area contributed by atoms with Crippen LogP contribution in [0.3, 0.4) is 0 Å². The molecule has 1 unspecified atom stereocenters. The summed E-state index contributed by atoms with van der Waals surface area (Å²) in [5, 5.41) is 0. The predicted octanol–water partition coefficient (Wildman–Crippen LogP) is 2.88. The Balaban J connectivity index is 1.69. The molecule has 1 aromatic heterocycles. The van der Waals surface area contributed by atoms with Crippen molar-refractivity contribution in [2.24, 2.45) is 5.73 Å². The molecule has 2 N–H and O–H groups in total. The number of fused-ring (bicyclic) bond motifs is 1. The molecule has 0 amide bonds. The summed E-state index contributed by atoms with van der Waals surface area (Å²) in [7, 11) is 0. The summed E-state index contributed by atoms with van der Waals surface area (Å²) in [5.41, 5.74) is 8.12. The molecule has 1 saturated carbocycles. The number of nitrogens with two attached hydrogens (primary N) is 1. The molecule has 1 aliphatic heterocycles. The van der Waals surface area contributed by atoms with E-state index in [4.69, 9.17) is 10.5 Å². The van der Waals surface area contributed by atoms with Crippen LogP contribution in [0.15, 0.2) is 30.7 Å². The highest BCUT2D eigenvalue weighted by atomic mass is 19.1. The molecule has 5 heteroatoms. The largest absolute Gasteiger partial charge is 0.484 e. The number of hydrogen-bond acceptors (Lipinski definition) is 3. The van der Waals surface area contributed by atoms with Crippen LogP contribution in [0.1, 0.15) is 48.7 Å². The zero-order chi connectivity index (χ0) is 13.7. The molecule has 1 aliphatic carbocycles. The predicted molar refractivity (Wildman–Crippen MR) is 71.8 cm³/mol. The van der Waals surface area contributed by atoms with E-state index < -0.39 is 0 Å². The number of rotatable bonds is 2. The number of halogens is 1. The summed E-state index contributed by atoms with van der Waals surface area (Å²) < 4.78 is 21.5. The minimum Gasteiger partial charge on any atom is -0.484 e. The first-order valence-electron chi connectivity index (χ1n) is 6.96. The van der Waals surface area contributed by atoms with E-state index in [9.17, 15) is 4.39 Å². The summed E-state index contributed by atoms with van der Waals surface area (Å²) in [6.07, 6.45) is 6.60. The molecule has 0 bridgehead atoms. The molecule has 2 aliphatic rings. The van der Waals surface area contributed by atoms with E-state index in [1.807, 2.05) is 12.5 Å². The molecule has 104 valence electrons. The van der Waals surface area contributed by atoms with Gasteiger partial charge in [0.25, 0.3) is 0 Å². The van der Waals surface area contributed by atoms with E-state index in [1.54, 1.807) is 6.07 Å². The second-order valence-electron chi connectivity index (χ2n) is 5.59. The van der Waals surface area contributed by atoms with Gasteiger partial charge in [-0.1, -0.05) is 6.07 Å². The van der Waals surface area contributed by atoms with Gasteiger partial charge in [-0.3, -0.25) is 0 Å². The van der Waals surface area contributed by atoms with Gasteiger partial charge in [-0.15, -0.1) is 0 Å². The van der Waals surface area contributed by atoms with Crippen molar-refractivity contribution >= 4 is 0 Å². The van der Waals surface area contributed by atoms with Gasteiger partial charge in [0.15, 0.2) is 0 Å². The Morgan fingerprint density at radius 2 is 2.20 bits per heavy atom. The Bertz CT molecular complexity index is 650. The standard InChI is InChI=1S/C15H16FN3O/c16-9-1-4-11-12(17)6-15(20-14(11)5-9)13-7-18-8-19(13)10-2-3-10/h1,4-5,7-8,10,12,15H,2-3,6,17H2/t12-,15?/m1/s1. The van der Waals surface area contributed by atoms with Gasteiger partial charge in [-0.25, -0.2) is 9.37 Å². The topological polar surface area (TPSA) is 53.1 Å². The van der Waals surface area contributed by atoms with Gasteiger partial charge < -0.3 is 15.0 Å². The third kappa shape index (κ3) is 1.89. The Hall–Kier alpha value is -1.88. The first-order valence-corrected chi connectivity index (χ1v) is 6.96. The Morgan fingerprint density at radius 1 is 1.35 bits per heavy atom. The average Bonchev–Trinajstić information content (AvgIpc) is 3.15. The molecule has 2 aromatic rings. The van der Waals surface area contributed by atoms with Gasteiger partial charge in [0.05, 0.1) is 18.2 Å². The van der Waals surface area contributed by atoms with Crippen LogP contribution >= 0.6 is 0 Å². The SMILES string of the molecule is N[C@@H]1CC(c2cncn2C2CC2)Oc2cc(F)ccc21. The smallest absolute Gasteiger partial charge is 0.142 e. The van der Waals surface area contributed by atoms with Gasteiger partial charge in [-0.2, -0.15) is 0 Å². The van der Waals surface area contributed by atoms with Crippen LogP contribution in [0, 0.1) is 5.82 Å². The van der Waals surface area contributed by atoms with Gasteiger partial charge in [0.2, 0.25) is 0 Å². The zero-order valence-electron chi connectivity index (χ0n) is 11.0. The Labute approximate surface area is 116 Å². The maximum atomic E-state index is 13.4. The van der Waals surface area contributed by atoms with Crippen molar-refractivity contribution in [3.63, 3.8) is 0 Å². The second-order valence-corrected chi connectivity index (χ2v) is 5.59. The van der Waals surface area contributed by atoms with Gasteiger partial charge in [-0.05, 0) is 18.9 Å². The lowest BCUT2D eigenvalue weighted by Crippen LogP contribution is -2.25. The van der Waals surface area contributed by atoms with Crippen LogP contribution in [0.4, 0.5) is 4.39 Å². The van der Waals surface area contributed by atoms with Crippen LogP contribution in [0.25, 0.3) is 0 Å². The molecule has 1 aromatic carbocycles. The lowest BCUT2D eigenvalue weighted by molar-refractivity contribution is 0.152. The van der Waals surface area contributed by atoms with Crippen LogP contribution in [-0.2, 0) is 0 Å². The highest BCUT2D eigenvalue weighted by molar-refractivity contribution is 5.39. The van der Waals surface area contributed by atoms with Gasteiger partial charge in [0, 0.05) is 30.1 Å². The molecular weight excluding hydrogens is 257 g/mol. The molecule has 20 heavy (non-hydrogen) atoms. The summed E-state index contributed by atoms with van der Waals surface area (Å²) in [6.45, 7) is 0. The monoisotopic (exact) mass is 273 g/mol. The Kier molecular flexibility index (Phi) is 2.57. The van der Waals surface area contributed by atoms with Crippen molar-refractivity contribution in [1.82, 2.24) is 9.55 Å². The Morgan fingerprint density at radius 3 is 3.00 bits per heavy atom. The summed E-state index contributed by atoms with van der Waals surface area (Å²) in [5.74, 6) is 0.254. The first kappa shape index (κ1) is 11.9. The molecule has 2 atom stereocenters. The normalized spacial score (nSPS) is 25.1. The third-order valence-corrected chi connectivity index (χ3v) is 4.08. The van der Waals surface area contributed by atoms with Crippen LogP contribution in [0.5, 0.6) is 5.75 Å². The lowest BCUT2D eigenvalue weighted by Gasteiger charge is -2.30. The van der Waals surface area contributed by atoms with E-state index in [1.165, 1.54) is 25.0 Å². The summed E-state index contributed by atoms with van der Waals surface area (Å²) in [6, 6.07) is 4.97. The quantitative estimate of drug-likeness (QED) is 0.915. The number of imidazole rings is 1. The van der Waals surface area contributed by atoms with E-state index >= 15 is 0 Å². The molecule has 0 saturated heterocycles. The zero-order valence-corrected chi connectivity index (χ0v) is 11.0. The number of aromatic nitrogens is 2.